The summed E-state index contributed by atoms with van der Waals surface area (Å²) in [7, 11) is -2.75. The predicted molar refractivity (Wildman–Crippen MR) is 116 cm³/mol. The van der Waals surface area contributed by atoms with E-state index in [0.29, 0.717) is 5.56 Å². The van der Waals surface area contributed by atoms with Gasteiger partial charge in [0, 0.05) is 17.8 Å². The lowest BCUT2D eigenvalue weighted by atomic mass is 10.1. The zero-order valence-electron chi connectivity index (χ0n) is 17.5. The number of anilines is 2. The first-order valence-electron chi connectivity index (χ1n) is 9.23. The molecule has 0 aromatic heterocycles. The van der Waals surface area contributed by atoms with Crippen molar-refractivity contribution in [3.05, 3.63) is 63.7 Å². The van der Waals surface area contributed by atoms with E-state index in [2.05, 4.69) is 10.1 Å². The Morgan fingerprint density at radius 1 is 1.23 bits per heavy atom. The molecule has 166 valence electrons. The van der Waals surface area contributed by atoms with E-state index < -0.39 is 32.9 Å². The van der Waals surface area contributed by atoms with Gasteiger partial charge in [-0.25, -0.2) is 13.2 Å². The Bertz CT molecular complexity index is 1120. The smallest absolute Gasteiger partial charge is 0.337 e. The summed E-state index contributed by atoms with van der Waals surface area (Å²) < 4.78 is 30.8. The Morgan fingerprint density at radius 3 is 2.45 bits per heavy atom. The van der Waals surface area contributed by atoms with Crippen LogP contribution in [0.2, 0.25) is 0 Å². The third-order valence-electron chi connectivity index (χ3n) is 4.52. The second-order valence-corrected chi connectivity index (χ2v) is 8.63. The molecule has 0 aliphatic heterocycles. The molecule has 10 nitrogen and oxygen atoms in total. The minimum Gasteiger partial charge on any atom is -0.465 e. The van der Waals surface area contributed by atoms with Gasteiger partial charge in [-0.1, -0.05) is 19.1 Å². The molecule has 31 heavy (non-hydrogen) atoms. The van der Waals surface area contributed by atoms with Gasteiger partial charge in [-0.3, -0.25) is 19.2 Å². The number of aryl methyl sites for hydroxylation is 1. The first-order chi connectivity index (χ1) is 14.5. The fourth-order valence-corrected chi connectivity index (χ4v) is 4.31. The number of nitro benzene ring substituents is 1. The maximum atomic E-state index is 13.0. The van der Waals surface area contributed by atoms with Crippen molar-refractivity contribution in [3.63, 3.8) is 0 Å². The van der Waals surface area contributed by atoms with Crippen LogP contribution in [0.5, 0.6) is 0 Å². The fraction of sp³-hybridized carbons (Fsp3) is 0.300. The average Bonchev–Trinajstić information content (AvgIpc) is 2.71. The zero-order chi connectivity index (χ0) is 23.3. The number of nitrogens with one attached hydrogen (secondary N) is 1. The summed E-state index contributed by atoms with van der Waals surface area (Å²) in [6.07, 6.45) is 1.02. The molecular formula is C20H23N3O7S. The second kappa shape index (κ2) is 9.56. The largest absolute Gasteiger partial charge is 0.465 e. The number of carbonyl (C=O) groups excluding carboxylic acids is 2. The summed E-state index contributed by atoms with van der Waals surface area (Å²) >= 11 is 0. The fourth-order valence-electron chi connectivity index (χ4n) is 3.05. The van der Waals surface area contributed by atoms with Gasteiger partial charge >= 0.3 is 5.97 Å². The van der Waals surface area contributed by atoms with Crippen LogP contribution in [0.15, 0.2) is 42.5 Å². The Labute approximate surface area is 180 Å². The number of esters is 1. The van der Waals surface area contributed by atoms with Crippen molar-refractivity contribution in [1.29, 1.82) is 0 Å². The maximum absolute atomic E-state index is 13.0. The summed E-state index contributed by atoms with van der Waals surface area (Å²) in [5, 5.41) is 13.8. The highest BCUT2D eigenvalue weighted by molar-refractivity contribution is 7.92. The van der Waals surface area contributed by atoms with Crippen LogP contribution in [-0.2, 0) is 19.6 Å². The van der Waals surface area contributed by atoms with Gasteiger partial charge in [-0.15, -0.1) is 0 Å². The van der Waals surface area contributed by atoms with E-state index in [1.807, 2.05) is 0 Å². The zero-order valence-corrected chi connectivity index (χ0v) is 18.3. The quantitative estimate of drug-likeness (QED) is 0.372. The predicted octanol–water partition coefficient (Wildman–Crippen LogP) is 2.87. The average molecular weight is 449 g/mol. The Kier molecular flexibility index (Phi) is 7.34. The topological polar surface area (TPSA) is 136 Å². The van der Waals surface area contributed by atoms with E-state index in [1.54, 1.807) is 26.0 Å². The monoisotopic (exact) mass is 449 g/mol. The Morgan fingerprint density at radius 2 is 1.90 bits per heavy atom. The molecule has 0 spiro atoms. The minimum absolute atomic E-state index is 0.0435. The number of ether oxygens (including phenoxy) is 1. The first-order valence-corrected chi connectivity index (χ1v) is 11.1. The van der Waals surface area contributed by atoms with Crippen LogP contribution >= 0.6 is 0 Å². The molecule has 0 aliphatic carbocycles. The van der Waals surface area contributed by atoms with Crippen molar-refractivity contribution >= 4 is 39.0 Å². The van der Waals surface area contributed by atoms with Crippen LogP contribution in [0.25, 0.3) is 0 Å². The van der Waals surface area contributed by atoms with Gasteiger partial charge in [0.05, 0.1) is 29.5 Å². The van der Waals surface area contributed by atoms with Gasteiger partial charge in [0.1, 0.15) is 6.04 Å². The molecule has 2 aromatic carbocycles. The van der Waals surface area contributed by atoms with Crippen LogP contribution in [0.4, 0.5) is 17.1 Å². The lowest BCUT2D eigenvalue weighted by Gasteiger charge is -2.31. The second-order valence-electron chi connectivity index (χ2n) is 6.77. The lowest BCUT2D eigenvalue weighted by Crippen LogP contribution is -2.47. The summed E-state index contributed by atoms with van der Waals surface area (Å²) in [6, 6.07) is 8.63. The Hall–Kier alpha value is -3.47. The molecule has 0 saturated carbocycles. The third-order valence-corrected chi connectivity index (χ3v) is 5.69. The maximum Gasteiger partial charge on any atom is 0.337 e. The normalized spacial score (nSPS) is 12.0. The van der Waals surface area contributed by atoms with E-state index in [4.69, 9.17) is 0 Å². The molecule has 1 N–H and O–H groups in total. The highest BCUT2D eigenvalue weighted by atomic mass is 32.2. The number of sulfonamides is 1. The molecule has 0 fully saturated rings. The molecule has 0 saturated heterocycles. The summed E-state index contributed by atoms with van der Waals surface area (Å²) in [5.74, 6) is -1.24. The number of hydrogen-bond donors (Lipinski definition) is 1. The summed E-state index contributed by atoms with van der Waals surface area (Å²) in [5.41, 5.74) is 0.686. The van der Waals surface area contributed by atoms with Crippen molar-refractivity contribution in [3.8, 4) is 0 Å². The van der Waals surface area contributed by atoms with Crippen LogP contribution < -0.4 is 9.62 Å². The van der Waals surface area contributed by atoms with Gasteiger partial charge in [0.25, 0.3) is 5.69 Å². The summed E-state index contributed by atoms with van der Waals surface area (Å²) in [6.45, 7) is 3.22. The van der Waals surface area contributed by atoms with Gasteiger partial charge in [-0.2, -0.15) is 0 Å². The van der Waals surface area contributed by atoms with Crippen molar-refractivity contribution in [2.45, 2.75) is 26.3 Å². The van der Waals surface area contributed by atoms with E-state index >= 15 is 0 Å². The molecule has 1 amide bonds. The number of non-ortho nitro benzene ring substituents is 1. The number of benzene rings is 2. The van der Waals surface area contributed by atoms with Crippen molar-refractivity contribution in [1.82, 2.24) is 0 Å². The summed E-state index contributed by atoms with van der Waals surface area (Å²) in [4.78, 5) is 35.3. The van der Waals surface area contributed by atoms with Crippen LogP contribution in [-0.4, -0.2) is 44.6 Å². The van der Waals surface area contributed by atoms with E-state index in [0.717, 1.165) is 16.6 Å². The minimum atomic E-state index is -3.98. The number of nitro groups is 1. The molecule has 11 heteroatoms. The third kappa shape index (κ3) is 5.57. The molecule has 1 atom stereocenters. The van der Waals surface area contributed by atoms with E-state index in [-0.39, 0.29) is 29.0 Å². The first kappa shape index (κ1) is 23.8. The van der Waals surface area contributed by atoms with Crippen LogP contribution in [0, 0.1) is 17.0 Å². The molecule has 0 radical (unpaired) electrons. The Balaban J connectivity index is 2.47. The standard InChI is InChI=1S/C20H23N3O7S/c1-5-17(19(24)21-15-8-6-7-14(11-15)20(25)30-3)22(31(4,28)29)18-12-16(23(26)27)10-9-13(18)2/h6-12,17H,5H2,1-4H3,(H,21,24). The number of carbonyl (C=O) groups is 2. The molecule has 0 bridgehead atoms. The highest BCUT2D eigenvalue weighted by Gasteiger charge is 2.33. The van der Waals surface area contributed by atoms with Gasteiger partial charge < -0.3 is 10.1 Å². The number of rotatable bonds is 8. The van der Waals surface area contributed by atoms with Gasteiger partial charge in [0.2, 0.25) is 15.9 Å². The molecule has 2 rings (SSSR count). The number of methoxy groups -OCH3 is 1. The van der Waals surface area contributed by atoms with Crippen molar-refractivity contribution < 1.29 is 27.7 Å². The van der Waals surface area contributed by atoms with Crippen molar-refractivity contribution in [2.24, 2.45) is 0 Å². The molecule has 2 aromatic rings. The van der Waals surface area contributed by atoms with E-state index in [9.17, 15) is 28.1 Å². The van der Waals surface area contributed by atoms with Crippen LogP contribution in [0.3, 0.4) is 0 Å². The number of amides is 1. The van der Waals surface area contributed by atoms with E-state index in [1.165, 1.54) is 31.4 Å². The molecular weight excluding hydrogens is 426 g/mol. The number of nitrogens with zero attached hydrogens (tertiary/aromatic N) is 2. The van der Waals surface area contributed by atoms with Gasteiger partial charge in [0.15, 0.2) is 0 Å². The molecule has 0 heterocycles. The number of hydrogen-bond acceptors (Lipinski definition) is 7. The molecule has 0 aliphatic rings. The van der Waals surface area contributed by atoms with Crippen molar-refractivity contribution in [2.75, 3.05) is 23.0 Å². The van der Waals surface area contributed by atoms with Gasteiger partial charge in [-0.05, 0) is 37.1 Å². The SMILES string of the molecule is CCC(C(=O)Nc1cccc(C(=O)OC)c1)N(c1cc([N+](=O)[O-])ccc1C)S(C)(=O)=O. The molecule has 1 unspecified atom stereocenters. The highest BCUT2D eigenvalue weighted by Crippen LogP contribution is 2.30. The van der Waals surface area contributed by atoms with Crippen LogP contribution in [0.1, 0.15) is 29.3 Å². The lowest BCUT2D eigenvalue weighted by molar-refractivity contribution is -0.384.